The summed E-state index contributed by atoms with van der Waals surface area (Å²) in [5.41, 5.74) is 5.56. The van der Waals surface area contributed by atoms with E-state index in [2.05, 4.69) is 37.2 Å². The van der Waals surface area contributed by atoms with Crippen molar-refractivity contribution in [2.24, 2.45) is 17.6 Å². The van der Waals surface area contributed by atoms with E-state index in [1.54, 1.807) is 20.1 Å². The fourth-order valence-corrected chi connectivity index (χ4v) is 6.01. The van der Waals surface area contributed by atoms with Gasteiger partial charge in [0, 0.05) is 12.8 Å². The van der Waals surface area contributed by atoms with Crippen LogP contribution in [0.1, 0.15) is 79.6 Å². The maximum Gasteiger partial charge on any atom is 0.328 e. The molecule has 0 rings (SSSR count). The maximum atomic E-state index is 13.8. The topological polar surface area (TPSA) is 419 Å². The highest BCUT2D eigenvalue weighted by atomic mass is 32.2. The molecule has 0 saturated carbocycles. The lowest BCUT2D eigenvalue weighted by Gasteiger charge is -2.29. The minimum Gasteiger partial charge on any atom is -0.481 e. The van der Waals surface area contributed by atoms with E-state index < -0.39 is 164 Å². The molecule has 0 aliphatic carbocycles. The van der Waals surface area contributed by atoms with Gasteiger partial charge >= 0.3 is 23.9 Å². The molecule has 0 bridgehead atoms. The van der Waals surface area contributed by atoms with Crippen LogP contribution in [-0.2, 0) is 52.7 Å². The molecular weight excluding hydrogens is 861 g/mol. The second kappa shape index (κ2) is 28.9. The maximum absolute atomic E-state index is 13.8. The van der Waals surface area contributed by atoms with E-state index in [1.165, 1.54) is 25.6 Å². The molecule has 0 saturated heterocycles. The van der Waals surface area contributed by atoms with Gasteiger partial charge in [-0.25, -0.2) is 4.79 Å². The van der Waals surface area contributed by atoms with Crippen molar-refractivity contribution in [2.75, 3.05) is 18.6 Å². The van der Waals surface area contributed by atoms with Gasteiger partial charge < -0.3 is 73.6 Å². The molecule has 0 aromatic carbocycles. The quantitative estimate of drug-likeness (QED) is 0.0314. The lowest BCUT2D eigenvalue weighted by molar-refractivity contribution is -0.143. The number of nitrogens with two attached hydrogens (primary N) is 1. The number of nitrogens with one attached hydrogen (secondary N) is 7. The van der Waals surface area contributed by atoms with Crippen molar-refractivity contribution >= 4 is 77.0 Å². The van der Waals surface area contributed by atoms with Gasteiger partial charge in [-0.15, -0.1) is 0 Å². The first kappa shape index (κ1) is 57.4. The summed E-state index contributed by atoms with van der Waals surface area (Å²) in [4.78, 5) is 139. The monoisotopic (exact) mass is 922 g/mol. The first-order chi connectivity index (χ1) is 29.2. The van der Waals surface area contributed by atoms with Crippen molar-refractivity contribution in [3.63, 3.8) is 0 Å². The van der Waals surface area contributed by atoms with Gasteiger partial charge in [-0.3, -0.25) is 47.9 Å². The number of hydrogen-bond acceptors (Lipinski definition) is 15. The van der Waals surface area contributed by atoms with Gasteiger partial charge in [0.05, 0.1) is 25.2 Å². The number of amides is 7. The molecule has 15 N–H and O–H groups in total. The lowest BCUT2D eigenvalue weighted by Crippen LogP contribution is -2.62. The molecule has 0 aliphatic rings. The van der Waals surface area contributed by atoms with E-state index in [0.717, 1.165) is 6.92 Å². The SMILES string of the molecule is CSCC[C@H](NC(=O)[C@H](CCC(=O)O)NC(=O)[C@H](CCC(=O)O)NC(=O)[C@H](CC(C)C)NC(=O)[C@@H](NC(=O)[C@@H](NC(=O)[C@@H](N)CC(=O)O)[C@@H](C)O)C(C)C)C(=O)N[C@@H](CO)C(=O)O. The van der Waals surface area contributed by atoms with Crippen LogP contribution in [-0.4, -0.2) is 169 Å². The van der Waals surface area contributed by atoms with E-state index >= 15 is 0 Å². The molecular formula is C37H62N8O17S. The molecule has 25 nitrogen and oxygen atoms in total. The molecule has 0 aromatic rings. The first-order valence-electron chi connectivity index (χ1n) is 19.8. The first-order valence-corrected chi connectivity index (χ1v) is 21.2. The number of aliphatic hydroxyl groups excluding tert-OH is 2. The summed E-state index contributed by atoms with van der Waals surface area (Å²) in [5.74, 6) is -13.9. The Labute approximate surface area is 367 Å². The molecule has 0 fully saturated rings. The third-order valence-electron chi connectivity index (χ3n) is 8.98. The molecule has 26 heteroatoms. The third kappa shape index (κ3) is 22.4. The van der Waals surface area contributed by atoms with E-state index in [9.17, 15) is 78.3 Å². The minimum atomic E-state index is -1.73. The van der Waals surface area contributed by atoms with Crippen LogP contribution in [0.25, 0.3) is 0 Å². The molecule has 7 amide bonds. The standard InChI is InChI=1S/C37H62N8O17S/c1-16(2)13-23(42-35(59)28(17(3)4)44-36(60)29(18(5)47)45-30(54)19(38)14-27(52)53)34(58)40-21(8-10-26(50)51)31(55)39-20(7-9-25(48)49)32(56)41-22(11-12-63-6)33(57)43-24(15-46)37(61)62/h16-24,28-29,46-47H,7-15,38H2,1-6H3,(H,39,55)(H,40,58)(H,41,56)(H,42,59)(H,43,57)(H,44,60)(H,45,54)(H,48,49)(H,50,51)(H,52,53)(H,61,62)/t18-,19+,20+,21+,22+,23+,24+,28+,29+/m1/s1. The molecule has 0 aromatic heterocycles. The Morgan fingerprint density at radius 2 is 0.921 bits per heavy atom. The van der Waals surface area contributed by atoms with Crippen molar-refractivity contribution in [1.29, 1.82) is 0 Å². The Hall–Kier alpha value is -5.60. The zero-order valence-electron chi connectivity index (χ0n) is 35.9. The van der Waals surface area contributed by atoms with E-state index in [-0.39, 0.29) is 24.5 Å². The number of aliphatic carboxylic acids is 4. The molecule has 358 valence electrons. The van der Waals surface area contributed by atoms with Crippen molar-refractivity contribution in [1.82, 2.24) is 37.2 Å². The average molecular weight is 923 g/mol. The molecule has 0 spiro atoms. The van der Waals surface area contributed by atoms with Crippen molar-refractivity contribution in [3.8, 4) is 0 Å². The Balaban J connectivity index is 6.53. The molecule has 63 heavy (non-hydrogen) atoms. The van der Waals surface area contributed by atoms with Crippen LogP contribution in [0.3, 0.4) is 0 Å². The molecule has 0 unspecified atom stereocenters. The number of thioether (sulfide) groups is 1. The predicted octanol–water partition coefficient (Wildman–Crippen LogP) is -4.18. The van der Waals surface area contributed by atoms with Gasteiger partial charge in [-0.05, 0) is 56.5 Å². The van der Waals surface area contributed by atoms with Crippen molar-refractivity contribution in [3.05, 3.63) is 0 Å². The van der Waals surface area contributed by atoms with Gasteiger partial charge in [-0.1, -0.05) is 27.7 Å². The Bertz CT molecular complexity index is 1630. The summed E-state index contributed by atoms with van der Waals surface area (Å²) < 4.78 is 0. The second-order valence-electron chi connectivity index (χ2n) is 15.3. The third-order valence-corrected chi connectivity index (χ3v) is 9.63. The van der Waals surface area contributed by atoms with Crippen molar-refractivity contribution in [2.45, 2.75) is 134 Å². The Kier molecular flexibility index (Phi) is 26.3. The lowest BCUT2D eigenvalue weighted by atomic mass is 9.98. The summed E-state index contributed by atoms with van der Waals surface area (Å²) in [6.07, 6.45) is -3.38. The Morgan fingerprint density at radius 1 is 0.524 bits per heavy atom. The van der Waals surface area contributed by atoms with Gasteiger partial charge in [0.15, 0.2) is 0 Å². The van der Waals surface area contributed by atoms with E-state index in [4.69, 9.17) is 10.8 Å². The zero-order chi connectivity index (χ0) is 48.7. The molecule has 9 atom stereocenters. The highest BCUT2D eigenvalue weighted by molar-refractivity contribution is 7.98. The number of hydrogen-bond donors (Lipinski definition) is 14. The van der Waals surface area contributed by atoms with Gasteiger partial charge in [0.25, 0.3) is 0 Å². The molecule has 0 aliphatic heterocycles. The largest absolute Gasteiger partial charge is 0.481 e. The summed E-state index contributed by atoms with van der Waals surface area (Å²) in [6, 6.07) is -12.8. The second-order valence-corrected chi connectivity index (χ2v) is 16.2. The number of carboxylic acid groups (broad SMARTS) is 4. The Morgan fingerprint density at radius 3 is 1.29 bits per heavy atom. The highest BCUT2D eigenvalue weighted by Gasteiger charge is 2.36. The van der Waals surface area contributed by atoms with Crippen LogP contribution in [0.2, 0.25) is 0 Å². The average Bonchev–Trinajstić information content (AvgIpc) is 3.17. The smallest absolute Gasteiger partial charge is 0.328 e. The zero-order valence-corrected chi connectivity index (χ0v) is 36.7. The van der Waals surface area contributed by atoms with Crippen LogP contribution in [0, 0.1) is 11.8 Å². The number of rotatable bonds is 31. The van der Waals surface area contributed by atoms with Crippen LogP contribution in [0.15, 0.2) is 0 Å². The van der Waals surface area contributed by atoms with E-state index in [1.807, 2.05) is 0 Å². The summed E-state index contributed by atoms with van der Waals surface area (Å²) >= 11 is 1.26. The summed E-state index contributed by atoms with van der Waals surface area (Å²) in [7, 11) is 0. The summed E-state index contributed by atoms with van der Waals surface area (Å²) in [6.45, 7) is 6.54. The fraction of sp³-hybridized carbons (Fsp3) is 0.703. The molecule has 0 heterocycles. The number of aliphatic hydroxyl groups is 2. The van der Waals surface area contributed by atoms with Crippen molar-refractivity contribution < 1.29 is 83.4 Å². The van der Waals surface area contributed by atoms with Crippen LogP contribution in [0.5, 0.6) is 0 Å². The van der Waals surface area contributed by atoms with Gasteiger partial charge in [-0.2, -0.15) is 11.8 Å². The van der Waals surface area contributed by atoms with Gasteiger partial charge in [0.1, 0.15) is 42.3 Å². The number of carbonyl (C=O) groups excluding carboxylic acids is 7. The predicted molar refractivity (Wildman–Crippen MR) is 221 cm³/mol. The highest BCUT2D eigenvalue weighted by Crippen LogP contribution is 2.12. The van der Waals surface area contributed by atoms with Crippen LogP contribution < -0.4 is 43.0 Å². The minimum absolute atomic E-state index is 0.0707. The summed E-state index contributed by atoms with van der Waals surface area (Å²) in [5, 5.41) is 72.6. The fourth-order valence-electron chi connectivity index (χ4n) is 5.54. The number of carboxylic acids is 4. The van der Waals surface area contributed by atoms with Gasteiger partial charge in [0.2, 0.25) is 41.4 Å². The number of carbonyl (C=O) groups is 11. The van der Waals surface area contributed by atoms with Crippen LogP contribution >= 0.6 is 11.8 Å². The molecule has 0 radical (unpaired) electrons. The normalized spacial score (nSPS) is 15.4. The van der Waals surface area contributed by atoms with Crippen LogP contribution in [0.4, 0.5) is 0 Å². The van der Waals surface area contributed by atoms with E-state index in [0.29, 0.717) is 0 Å².